The molecule has 0 atom stereocenters. The SMILES string of the molecule is CC1(C)c2ccccc2-c2ccc(N(c3ccc(-c4ccc(-c5ccc(-n6c7ccccc7c7ccccc76)cc5)cc4)cc3)c3ccccc3-c3ccccc3)cc21.CC1(C)c2ccccc2-c2ccc(Nc3ccccc3-c3ccccc3)cc21.Clc1ccc(-c2ccc(-c3ccc(-n4c5ccccc5c5ccccc54)cc3)cc2)cc1. The Kier molecular flexibility index (Phi) is 19.0. The van der Waals surface area contributed by atoms with E-state index in [4.69, 9.17) is 11.6 Å². The average molecular weight is 1550 g/mol. The lowest BCUT2D eigenvalue weighted by Crippen LogP contribution is -2.16. The van der Waals surface area contributed by atoms with E-state index in [1.54, 1.807) is 0 Å². The van der Waals surface area contributed by atoms with Crippen molar-refractivity contribution in [3.8, 4) is 100 Å². The maximum Gasteiger partial charge on any atom is 0.0541 e. The molecule has 22 rings (SSSR count). The number of nitrogens with one attached hydrogen (secondary N) is 1. The number of halogens is 1. The van der Waals surface area contributed by atoms with E-state index >= 15 is 0 Å². The summed E-state index contributed by atoms with van der Waals surface area (Å²) in [7, 11) is 0. The molecule has 1 N–H and O–H groups in total. The highest BCUT2D eigenvalue weighted by molar-refractivity contribution is 6.30. The number of para-hydroxylation sites is 6. The van der Waals surface area contributed by atoms with E-state index in [0.717, 1.165) is 39.1 Å². The summed E-state index contributed by atoms with van der Waals surface area (Å²) in [6, 6.07) is 157. The van der Waals surface area contributed by atoms with E-state index < -0.39 is 0 Å². The zero-order valence-corrected chi connectivity index (χ0v) is 67.5. The first-order valence-corrected chi connectivity index (χ1v) is 41.4. The number of hydrogen-bond donors (Lipinski definition) is 1. The van der Waals surface area contributed by atoms with Crippen molar-refractivity contribution in [3.05, 3.63) is 464 Å². The molecule has 2 heterocycles. The van der Waals surface area contributed by atoms with Gasteiger partial charge in [-0.2, -0.15) is 0 Å². The van der Waals surface area contributed by atoms with Gasteiger partial charge in [0.25, 0.3) is 0 Å². The van der Waals surface area contributed by atoms with Gasteiger partial charge < -0.3 is 19.4 Å². The Labute approximate surface area is 701 Å². The third-order valence-electron chi connectivity index (χ3n) is 24.4. The van der Waals surface area contributed by atoms with Crippen LogP contribution in [0.3, 0.4) is 0 Å². The minimum atomic E-state index is -0.100. The first-order chi connectivity index (χ1) is 58.4. The predicted molar refractivity (Wildman–Crippen MR) is 505 cm³/mol. The van der Waals surface area contributed by atoms with Gasteiger partial charge in [-0.3, -0.25) is 0 Å². The number of aromatic nitrogens is 2. The molecule has 2 aromatic heterocycles. The van der Waals surface area contributed by atoms with Gasteiger partial charge in [-0.1, -0.05) is 367 Å². The third-order valence-corrected chi connectivity index (χ3v) is 24.7. The quantitative estimate of drug-likeness (QED) is 0.124. The van der Waals surface area contributed by atoms with Gasteiger partial charge in [-0.05, 0) is 209 Å². The van der Waals surface area contributed by atoms with E-state index in [9.17, 15) is 0 Å². The van der Waals surface area contributed by atoms with Gasteiger partial charge in [-0.25, -0.2) is 0 Å². The van der Waals surface area contributed by atoms with Crippen LogP contribution in [-0.2, 0) is 10.8 Å². The molecule has 2 aliphatic rings. The smallest absolute Gasteiger partial charge is 0.0541 e. The van der Waals surface area contributed by atoms with Crippen LogP contribution in [0.1, 0.15) is 49.9 Å². The minimum absolute atomic E-state index is 0.0164. The second-order valence-electron chi connectivity index (χ2n) is 32.1. The van der Waals surface area contributed by atoms with Crippen LogP contribution in [0.2, 0.25) is 5.02 Å². The fourth-order valence-electron chi connectivity index (χ4n) is 18.4. The average Bonchev–Trinajstić information content (AvgIpc) is 1.59. The van der Waals surface area contributed by atoms with E-state index in [-0.39, 0.29) is 10.8 Å². The largest absolute Gasteiger partial charge is 0.355 e. The van der Waals surface area contributed by atoms with Crippen LogP contribution in [0.5, 0.6) is 0 Å². The third kappa shape index (κ3) is 13.6. The summed E-state index contributed by atoms with van der Waals surface area (Å²) in [6.07, 6.45) is 0. The molecule has 4 nitrogen and oxygen atoms in total. The van der Waals surface area contributed by atoms with Crippen molar-refractivity contribution in [2.24, 2.45) is 0 Å². The summed E-state index contributed by atoms with van der Waals surface area (Å²) in [5, 5.41) is 9.54. The number of nitrogens with zero attached hydrogens (tertiary/aromatic N) is 3. The van der Waals surface area contributed by atoms with Gasteiger partial charge >= 0.3 is 0 Å². The van der Waals surface area contributed by atoms with Crippen LogP contribution in [0.25, 0.3) is 144 Å². The van der Waals surface area contributed by atoms with Crippen molar-refractivity contribution in [1.82, 2.24) is 9.13 Å². The Morgan fingerprint density at radius 3 is 0.992 bits per heavy atom. The summed E-state index contributed by atoms with van der Waals surface area (Å²) in [4.78, 5) is 2.43. The molecule has 0 amide bonds. The lowest BCUT2D eigenvalue weighted by molar-refractivity contribution is 0.660. The molecule has 5 heteroatoms. The molecule has 0 saturated carbocycles. The molecule has 0 fully saturated rings. The molecule has 0 saturated heterocycles. The fraction of sp³-hybridized carbons (Fsp3) is 0.0526. The van der Waals surface area contributed by atoms with Gasteiger partial charge in [0.15, 0.2) is 0 Å². The van der Waals surface area contributed by atoms with Gasteiger partial charge in [0.2, 0.25) is 0 Å². The van der Waals surface area contributed by atoms with E-state index in [1.165, 1.54) is 161 Å². The van der Waals surface area contributed by atoms with Crippen LogP contribution in [0.4, 0.5) is 28.4 Å². The molecule has 119 heavy (non-hydrogen) atoms. The lowest BCUT2D eigenvalue weighted by atomic mass is 9.82. The van der Waals surface area contributed by atoms with Crippen LogP contribution in [0.15, 0.2) is 437 Å². The van der Waals surface area contributed by atoms with Crippen LogP contribution in [-0.4, -0.2) is 9.13 Å². The van der Waals surface area contributed by atoms with E-state index in [1.807, 2.05) is 12.1 Å². The first kappa shape index (κ1) is 73.3. The molecule has 0 aliphatic heterocycles. The number of anilines is 5. The number of benzene rings is 18. The van der Waals surface area contributed by atoms with Gasteiger partial charge in [-0.15, -0.1) is 0 Å². The number of rotatable bonds is 13. The van der Waals surface area contributed by atoms with Crippen molar-refractivity contribution >= 4 is 83.6 Å². The summed E-state index contributed by atoms with van der Waals surface area (Å²) in [5.74, 6) is 0. The van der Waals surface area contributed by atoms with E-state index in [0.29, 0.717) is 0 Å². The molecule has 0 unspecified atom stereocenters. The van der Waals surface area contributed by atoms with Gasteiger partial charge in [0, 0.05) is 82.6 Å². The maximum absolute atomic E-state index is 6.02. The highest BCUT2D eigenvalue weighted by atomic mass is 35.5. The van der Waals surface area contributed by atoms with Crippen molar-refractivity contribution < 1.29 is 0 Å². The van der Waals surface area contributed by atoms with Crippen LogP contribution in [0, 0.1) is 0 Å². The molecule has 20 aromatic rings. The number of fused-ring (bicyclic) bond motifs is 12. The molecule has 0 spiro atoms. The summed E-state index contributed by atoms with van der Waals surface area (Å²) in [6.45, 7) is 9.34. The predicted octanol–water partition coefficient (Wildman–Crippen LogP) is 31.7. The summed E-state index contributed by atoms with van der Waals surface area (Å²) in [5.41, 5.74) is 38.1. The minimum Gasteiger partial charge on any atom is -0.355 e. The Bertz CT molecular complexity index is 7030. The standard InChI is InChI=1S/C57H42N2.C30H20ClN.C27H23N/c1-57(2)52-20-10-6-17-48(52)49-37-36-46(38-53(49)57)58(54-21-11-7-16-47(54)43-14-4-3-5-15-43)44-32-28-41(29-33-44)39-24-26-40(27-25-39)42-30-34-45(35-31-42)59-55-22-12-8-18-50(55)51-19-9-13-23-56(51)59;31-25-17-13-23(14-18-25)21-9-11-22(12-10-21)24-15-19-26(20-16-24)32-29-7-3-1-5-27(29)28-6-2-4-8-30(28)32;1-27(2)24-14-8-6-13-22(24)23-17-16-20(18-25(23)27)28-26-15-9-7-12-21(26)19-10-4-3-5-11-19/h3-38H,1-2H3;1-20H;3-18,28H,1-2H3. The first-order valence-electron chi connectivity index (χ1n) is 41.0. The molecule has 0 radical (unpaired) electrons. The summed E-state index contributed by atoms with van der Waals surface area (Å²) < 4.78 is 4.71. The zero-order valence-electron chi connectivity index (χ0n) is 66.8. The topological polar surface area (TPSA) is 25.1 Å². The lowest BCUT2D eigenvalue weighted by Gasteiger charge is -2.30. The van der Waals surface area contributed by atoms with Gasteiger partial charge in [0.1, 0.15) is 0 Å². The maximum atomic E-state index is 6.02. The van der Waals surface area contributed by atoms with Gasteiger partial charge in [0.05, 0.1) is 27.8 Å². The zero-order chi connectivity index (χ0) is 80.1. The van der Waals surface area contributed by atoms with Crippen molar-refractivity contribution in [2.45, 2.75) is 38.5 Å². The monoisotopic (exact) mass is 1540 g/mol. The number of hydrogen-bond acceptors (Lipinski definition) is 2. The highest BCUT2D eigenvalue weighted by Crippen LogP contribution is 2.53. The van der Waals surface area contributed by atoms with Crippen molar-refractivity contribution in [2.75, 3.05) is 10.2 Å². The van der Waals surface area contributed by atoms with E-state index in [2.05, 4.69) is 472 Å². The Morgan fingerprint density at radius 1 is 0.235 bits per heavy atom. The molecule has 0 bridgehead atoms. The van der Waals surface area contributed by atoms with Crippen molar-refractivity contribution in [3.63, 3.8) is 0 Å². The normalized spacial score (nSPS) is 12.5. The molecule has 18 aromatic carbocycles. The highest BCUT2D eigenvalue weighted by Gasteiger charge is 2.37. The molecule has 568 valence electrons. The van der Waals surface area contributed by atoms with Crippen LogP contribution >= 0.6 is 11.6 Å². The molecular formula is C114H85ClN4. The Balaban J connectivity index is 0.000000127. The fourth-order valence-corrected chi connectivity index (χ4v) is 18.5. The second kappa shape index (κ2) is 30.9. The summed E-state index contributed by atoms with van der Waals surface area (Å²) >= 11 is 6.02. The Hall–Kier alpha value is -14.6. The molecular weight excluding hydrogens is 1460 g/mol. The Morgan fingerprint density at radius 2 is 0.546 bits per heavy atom. The second-order valence-corrected chi connectivity index (χ2v) is 32.6. The van der Waals surface area contributed by atoms with Crippen LogP contribution < -0.4 is 10.2 Å². The van der Waals surface area contributed by atoms with Crippen molar-refractivity contribution in [1.29, 1.82) is 0 Å². The molecule has 2 aliphatic carbocycles.